The molecule has 0 atom stereocenters. The van der Waals surface area contributed by atoms with Crippen LogP contribution in [0.25, 0.3) is 0 Å². The number of aliphatic carboxylic acids is 1. The molecule has 1 heterocycles. The largest absolute Gasteiger partial charge is 0.481 e. The smallest absolute Gasteiger partial charge is 0.303 e. The molecular weight excluding hydrogens is 285 g/mol. The Labute approximate surface area is 121 Å². The lowest BCUT2D eigenvalue weighted by atomic mass is 9.93. The molecule has 1 saturated heterocycles. The topological polar surface area (TPSA) is 57.6 Å². The van der Waals surface area contributed by atoms with Gasteiger partial charge in [-0.15, -0.1) is 0 Å². The Balaban J connectivity index is 2.02. The van der Waals surface area contributed by atoms with Gasteiger partial charge in [0.15, 0.2) is 0 Å². The van der Waals surface area contributed by atoms with E-state index in [4.69, 9.17) is 16.7 Å². The Morgan fingerprint density at radius 1 is 1.35 bits per heavy atom. The SMILES string of the molecule is O=C(O)CC1CCN(C(=O)c2cccc(F)c2Cl)CC1. The molecule has 0 aliphatic carbocycles. The first-order valence-corrected chi connectivity index (χ1v) is 6.82. The number of hydrogen-bond acceptors (Lipinski definition) is 2. The molecule has 0 bridgehead atoms. The third-order valence-electron chi connectivity index (χ3n) is 3.55. The van der Waals surface area contributed by atoms with E-state index in [0.29, 0.717) is 25.9 Å². The van der Waals surface area contributed by atoms with Crippen molar-refractivity contribution in [1.82, 2.24) is 4.90 Å². The summed E-state index contributed by atoms with van der Waals surface area (Å²) in [5.74, 6) is -1.64. The van der Waals surface area contributed by atoms with Crippen molar-refractivity contribution in [2.45, 2.75) is 19.3 Å². The predicted octanol–water partition coefficient (Wildman–Crippen LogP) is 2.81. The quantitative estimate of drug-likeness (QED) is 0.933. The molecule has 1 aromatic rings. The van der Waals surface area contributed by atoms with E-state index in [2.05, 4.69) is 0 Å². The maximum Gasteiger partial charge on any atom is 0.303 e. The van der Waals surface area contributed by atoms with Gasteiger partial charge in [-0.3, -0.25) is 9.59 Å². The highest BCUT2D eigenvalue weighted by Crippen LogP contribution is 2.25. The molecule has 1 aliphatic heterocycles. The molecule has 108 valence electrons. The highest BCUT2D eigenvalue weighted by atomic mass is 35.5. The van der Waals surface area contributed by atoms with Crippen LogP contribution in [0.2, 0.25) is 5.02 Å². The number of carbonyl (C=O) groups excluding carboxylic acids is 1. The predicted molar refractivity (Wildman–Crippen MR) is 72.3 cm³/mol. The second-order valence-corrected chi connectivity index (χ2v) is 5.31. The van der Waals surface area contributed by atoms with Crippen molar-refractivity contribution in [3.8, 4) is 0 Å². The summed E-state index contributed by atoms with van der Waals surface area (Å²) in [7, 11) is 0. The fourth-order valence-electron chi connectivity index (χ4n) is 2.43. The van der Waals surface area contributed by atoms with Gasteiger partial charge in [0.25, 0.3) is 5.91 Å². The van der Waals surface area contributed by atoms with Crippen LogP contribution in [0.4, 0.5) is 4.39 Å². The zero-order valence-electron chi connectivity index (χ0n) is 10.8. The van der Waals surface area contributed by atoms with Crippen LogP contribution in [0.15, 0.2) is 18.2 Å². The minimum Gasteiger partial charge on any atom is -0.481 e. The summed E-state index contributed by atoms with van der Waals surface area (Å²) < 4.78 is 13.3. The molecule has 1 fully saturated rings. The van der Waals surface area contributed by atoms with Gasteiger partial charge in [-0.25, -0.2) is 4.39 Å². The van der Waals surface area contributed by atoms with Gasteiger partial charge in [-0.1, -0.05) is 17.7 Å². The number of amides is 1. The van der Waals surface area contributed by atoms with E-state index in [0.717, 1.165) is 0 Å². The summed E-state index contributed by atoms with van der Waals surface area (Å²) >= 11 is 5.80. The molecule has 1 N–H and O–H groups in total. The molecule has 0 unspecified atom stereocenters. The fraction of sp³-hybridized carbons (Fsp3) is 0.429. The number of nitrogens with zero attached hydrogens (tertiary/aromatic N) is 1. The monoisotopic (exact) mass is 299 g/mol. The van der Waals surface area contributed by atoms with Gasteiger partial charge in [-0.2, -0.15) is 0 Å². The van der Waals surface area contributed by atoms with Gasteiger partial charge < -0.3 is 10.0 Å². The van der Waals surface area contributed by atoms with E-state index < -0.39 is 11.8 Å². The number of rotatable bonds is 3. The van der Waals surface area contributed by atoms with Gasteiger partial charge in [0.05, 0.1) is 10.6 Å². The van der Waals surface area contributed by atoms with Crippen molar-refractivity contribution in [2.75, 3.05) is 13.1 Å². The lowest BCUT2D eigenvalue weighted by Crippen LogP contribution is -2.39. The zero-order chi connectivity index (χ0) is 14.7. The Bertz CT molecular complexity index is 527. The van der Waals surface area contributed by atoms with Gasteiger partial charge in [0.2, 0.25) is 0 Å². The van der Waals surface area contributed by atoms with Crippen molar-refractivity contribution in [1.29, 1.82) is 0 Å². The van der Waals surface area contributed by atoms with E-state index >= 15 is 0 Å². The van der Waals surface area contributed by atoms with Crippen LogP contribution in [0.3, 0.4) is 0 Å². The molecule has 6 heteroatoms. The van der Waals surface area contributed by atoms with Crippen molar-refractivity contribution < 1.29 is 19.1 Å². The summed E-state index contributed by atoms with van der Waals surface area (Å²) in [6.45, 7) is 0.952. The zero-order valence-corrected chi connectivity index (χ0v) is 11.6. The molecule has 2 rings (SSSR count). The maximum absolute atomic E-state index is 13.3. The van der Waals surface area contributed by atoms with E-state index in [1.54, 1.807) is 4.90 Å². The van der Waals surface area contributed by atoms with Crippen molar-refractivity contribution in [3.05, 3.63) is 34.6 Å². The highest BCUT2D eigenvalue weighted by Gasteiger charge is 2.26. The lowest BCUT2D eigenvalue weighted by Gasteiger charge is -2.31. The second-order valence-electron chi connectivity index (χ2n) is 4.93. The van der Waals surface area contributed by atoms with Gasteiger partial charge in [-0.05, 0) is 30.9 Å². The number of halogens is 2. The number of carboxylic acids is 1. The number of benzene rings is 1. The first-order valence-electron chi connectivity index (χ1n) is 6.44. The van der Waals surface area contributed by atoms with Crippen LogP contribution in [0.1, 0.15) is 29.6 Å². The molecular formula is C14H15ClFNO3. The molecule has 0 spiro atoms. The van der Waals surface area contributed by atoms with E-state index in [9.17, 15) is 14.0 Å². The minimum atomic E-state index is -0.817. The molecule has 0 radical (unpaired) electrons. The Hall–Kier alpha value is -1.62. The van der Waals surface area contributed by atoms with E-state index in [1.165, 1.54) is 18.2 Å². The second kappa shape index (κ2) is 6.22. The number of carbonyl (C=O) groups is 2. The Morgan fingerprint density at radius 3 is 2.60 bits per heavy atom. The number of hydrogen-bond donors (Lipinski definition) is 1. The first-order chi connectivity index (χ1) is 9.49. The molecule has 1 aliphatic rings. The average Bonchev–Trinajstić information content (AvgIpc) is 2.41. The first kappa shape index (κ1) is 14.8. The Kier molecular flexibility index (Phi) is 4.60. The van der Waals surface area contributed by atoms with Crippen LogP contribution in [-0.4, -0.2) is 35.0 Å². The average molecular weight is 300 g/mol. The van der Waals surface area contributed by atoms with Crippen LogP contribution in [0, 0.1) is 11.7 Å². The summed E-state index contributed by atoms with van der Waals surface area (Å²) in [5.41, 5.74) is 0.156. The summed E-state index contributed by atoms with van der Waals surface area (Å²) in [5, 5.41) is 8.58. The minimum absolute atomic E-state index is 0.0968. The van der Waals surface area contributed by atoms with Crippen molar-refractivity contribution in [2.24, 2.45) is 5.92 Å². The third-order valence-corrected chi connectivity index (χ3v) is 3.93. The van der Waals surface area contributed by atoms with Crippen LogP contribution in [-0.2, 0) is 4.79 Å². The molecule has 0 saturated carbocycles. The van der Waals surface area contributed by atoms with E-state index in [-0.39, 0.29) is 28.8 Å². The molecule has 0 aromatic heterocycles. The van der Waals surface area contributed by atoms with Gasteiger partial charge in [0.1, 0.15) is 5.82 Å². The highest BCUT2D eigenvalue weighted by molar-refractivity contribution is 6.34. The van der Waals surface area contributed by atoms with Crippen molar-refractivity contribution >= 4 is 23.5 Å². The summed E-state index contributed by atoms with van der Waals surface area (Å²) in [6, 6.07) is 4.15. The number of likely N-dealkylation sites (tertiary alicyclic amines) is 1. The number of carboxylic acid groups (broad SMARTS) is 1. The van der Waals surface area contributed by atoms with Gasteiger partial charge >= 0.3 is 5.97 Å². The van der Waals surface area contributed by atoms with Crippen LogP contribution in [0.5, 0.6) is 0 Å². The summed E-state index contributed by atoms with van der Waals surface area (Å²) in [4.78, 5) is 24.5. The summed E-state index contributed by atoms with van der Waals surface area (Å²) in [6.07, 6.45) is 1.42. The number of piperidine rings is 1. The Morgan fingerprint density at radius 2 is 2.00 bits per heavy atom. The molecule has 1 aromatic carbocycles. The van der Waals surface area contributed by atoms with Gasteiger partial charge in [0, 0.05) is 19.5 Å². The normalized spacial score (nSPS) is 16.2. The molecule has 20 heavy (non-hydrogen) atoms. The van der Waals surface area contributed by atoms with E-state index in [1.807, 2.05) is 0 Å². The van der Waals surface area contributed by atoms with Crippen LogP contribution < -0.4 is 0 Å². The lowest BCUT2D eigenvalue weighted by molar-refractivity contribution is -0.138. The standard InChI is InChI=1S/C14H15ClFNO3/c15-13-10(2-1-3-11(13)16)14(20)17-6-4-9(5-7-17)8-12(18)19/h1-3,9H,4-8H2,(H,18,19). The third kappa shape index (κ3) is 3.28. The van der Waals surface area contributed by atoms with Crippen molar-refractivity contribution in [3.63, 3.8) is 0 Å². The maximum atomic E-state index is 13.3. The van der Waals surface area contributed by atoms with Crippen LogP contribution >= 0.6 is 11.6 Å². The fourth-order valence-corrected chi connectivity index (χ4v) is 2.63. The molecule has 4 nitrogen and oxygen atoms in total. The molecule has 1 amide bonds.